The molecule has 0 aromatic heterocycles. The largest absolute Gasteiger partial charge is 0.673 e. The van der Waals surface area contributed by atoms with Gasteiger partial charge in [0.2, 0.25) is 0 Å². The van der Waals surface area contributed by atoms with Crippen LogP contribution in [0.1, 0.15) is 0 Å². The summed E-state index contributed by atoms with van der Waals surface area (Å²) < 4.78 is 117. The first kappa shape index (κ1) is 25.2. The van der Waals surface area contributed by atoms with Crippen molar-refractivity contribution in [2.75, 3.05) is 7.11 Å². The molecular formula is CH4B3F12O-3. The van der Waals surface area contributed by atoms with E-state index in [2.05, 4.69) is 0 Å². The summed E-state index contributed by atoms with van der Waals surface area (Å²) in [5.74, 6) is 0. The molecule has 0 aromatic carbocycles. The van der Waals surface area contributed by atoms with Crippen molar-refractivity contribution in [3.63, 3.8) is 0 Å². The van der Waals surface area contributed by atoms with Gasteiger partial charge in [0.25, 0.3) is 0 Å². The van der Waals surface area contributed by atoms with E-state index >= 15 is 0 Å². The van der Waals surface area contributed by atoms with Gasteiger partial charge in [0.1, 0.15) is 0 Å². The summed E-state index contributed by atoms with van der Waals surface area (Å²) in [5, 5.41) is 7.00. The van der Waals surface area contributed by atoms with Crippen LogP contribution in [0.5, 0.6) is 0 Å². The highest BCUT2D eigenvalue weighted by atomic mass is 19.5. The fraction of sp³-hybridized carbons (Fsp3) is 1.00. The van der Waals surface area contributed by atoms with Crippen molar-refractivity contribution in [3.8, 4) is 0 Å². The summed E-state index contributed by atoms with van der Waals surface area (Å²) in [7, 11) is -17.0. The second kappa shape index (κ2) is 10.5. The standard InChI is InChI=1S/CH4O.3BF4/c1-2;3*2-1(3,4)5/h2H,1H3;;;/q;3*-1. The minimum absolute atomic E-state index is 1.00. The van der Waals surface area contributed by atoms with Gasteiger partial charge in [-0.05, 0) is 0 Å². The summed E-state index contributed by atoms with van der Waals surface area (Å²) in [5.41, 5.74) is 0. The molecule has 0 radical (unpaired) electrons. The zero-order valence-corrected chi connectivity index (χ0v) is 7.71. The van der Waals surface area contributed by atoms with Gasteiger partial charge in [-0.15, -0.1) is 0 Å². The first-order valence-electron chi connectivity index (χ1n) is 3.07. The van der Waals surface area contributed by atoms with E-state index in [9.17, 15) is 51.8 Å². The maximum atomic E-state index is 9.75. The van der Waals surface area contributed by atoms with E-state index in [-0.39, 0.29) is 0 Å². The Morgan fingerprint density at radius 1 is 0.412 bits per heavy atom. The van der Waals surface area contributed by atoms with E-state index in [1.54, 1.807) is 0 Å². The Kier molecular flexibility index (Phi) is 15.5. The molecule has 0 aliphatic carbocycles. The lowest BCUT2D eigenvalue weighted by atomic mass is 10.3. The van der Waals surface area contributed by atoms with E-state index in [4.69, 9.17) is 5.11 Å². The smallest absolute Gasteiger partial charge is 0.418 e. The van der Waals surface area contributed by atoms with Crippen molar-refractivity contribution in [2.45, 2.75) is 0 Å². The highest BCUT2D eigenvalue weighted by molar-refractivity contribution is 6.50. The molecule has 17 heavy (non-hydrogen) atoms. The Morgan fingerprint density at radius 3 is 0.412 bits per heavy atom. The van der Waals surface area contributed by atoms with Crippen LogP contribution in [0.15, 0.2) is 0 Å². The van der Waals surface area contributed by atoms with Crippen molar-refractivity contribution in [3.05, 3.63) is 0 Å². The van der Waals surface area contributed by atoms with Crippen LogP contribution in [0.2, 0.25) is 0 Å². The number of halogens is 12. The lowest BCUT2D eigenvalue weighted by molar-refractivity contribution is 0.366. The molecule has 0 bridgehead atoms. The average Bonchev–Trinajstić information content (AvgIpc) is 1.77. The van der Waals surface area contributed by atoms with E-state index in [0.29, 0.717) is 0 Å². The third-order valence-corrected chi connectivity index (χ3v) is 0. The van der Waals surface area contributed by atoms with Crippen LogP contribution in [-0.4, -0.2) is 34.0 Å². The van der Waals surface area contributed by atoms with E-state index in [1.165, 1.54) is 0 Å². The highest BCUT2D eigenvalue weighted by Gasteiger charge is 2.21. The monoisotopic (exact) mass is 293 g/mol. The zero-order chi connectivity index (χ0) is 15.5. The molecule has 0 spiro atoms. The second-order valence-electron chi connectivity index (χ2n) is 1.48. The third kappa shape index (κ3) is 5780. The van der Waals surface area contributed by atoms with E-state index < -0.39 is 21.8 Å². The number of hydrogen-bond acceptors (Lipinski definition) is 1. The van der Waals surface area contributed by atoms with Crippen LogP contribution < -0.4 is 0 Å². The van der Waals surface area contributed by atoms with Gasteiger partial charge in [-0.1, -0.05) is 0 Å². The lowest BCUT2D eigenvalue weighted by Gasteiger charge is -1.94. The summed E-state index contributed by atoms with van der Waals surface area (Å²) in [4.78, 5) is 0. The minimum Gasteiger partial charge on any atom is -0.418 e. The summed E-state index contributed by atoms with van der Waals surface area (Å²) in [6.45, 7) is 0. The van der Waals surface area contributed by atoms with Gasteiger partial charge >= 0.3 is 21.8 Å². The fourth-order valence-corrected chi connectivity index (χ4v) is 0. The normalized spacial score (nSPS) is 10.9. The van der Waals surface area contributed by atoms with Crippen molar-refractivity contribution < 1.29 is 56.9 Å². The van der Waals surface area contributed by atoms with Gasteiger partial charge in [-0.3, -0.25) is 0 Å². The predicted octanol–water partition coefficient (Wildman–Crippen LogP) is 3.51. The second-order valence-corrected chi connectivity index (χ2v) is 1.48. The first-order chi connectivity index (χ1) is 7.00. The third-order valence-electron chi connectivity index (χ3n) is 0. The summed E-state index contributed by atoms with van der Waals surface area (Å²) in [6.07, 6.45) is 0. The van der Waals surface area contributed by atoms with Crippen LogP contribution >= 0.6 is 0 Å². The topological polar surface area (TPSA) is 20.2 Å². The quantitative estimate of drug-likeness (QED) is 0.535. The maximum Gasteiger partial charge on any atom is 0.673 e. The van der Waals surface area contributed by atoms with Crippen LogP contribution in [0.3, 0.4) is 0 Å². The SMILES string of the molecule is CO.F[B-](F)(F)F.F[B-](F)(F)F.F[B-](F)(F)F. The number of aliphatic hydroxyl groups is 1. The fourth-order valence-electron chi connectivity index (χ4n) is 0. The van der Waals surface area contributed by atoms with Crippen molar-refractivity contribution >= 4 is 21.8 Å². The maximum absolute atomic E-state index is 9.75. The Hall–Kier alpha value is -0.685. The van der Waals surface area contributed by atoms with Gasteiger partial charge in [0, 0.05) is 7.11 Å². The molecule has 1 N–H and O–H groups in total. The minimum atomic E-state index is -6.00. The Bertz CT molecular complexity index is 96.8. The van der Waals surface area contributed by atoms with Crippen molar-refractivity contribution in [2.24, 2.45) is 0 Å². The van der Waals surface area contributed by atoms with Gasteiger partial charge in [-0.25, -0.2) is 0 Å². The van der Waals surface area contributed by atoms with Crippen molar-refractivity contribution in [1.29, 1.82) is 0 Å². The molecular weight excluding hydrogens is 288 g/mol. The molecule has 110 valence electrons. The van der Waals surface area contributed by atoms with Crippen LogP contribution in [0.4, 0.5) is 51.8 Å². The van der Waals surface area contributed by atoms with E-state index in [0.717, 1.165) is 7.11 Å². The number of rotatable bonds is 0. The Labute approximate surface area is 87.1 Å². The Balaban J connectivity index is -0.0000000693. The highest BCUT2D eigenvalue weighted by Crippen LogP contribution is 2.07. The Morgan fingerprint density at radius 2 is 0.412 bits per heavy atom. The van der Waals surface area contributed by atoms with Gasteiger partial charge < -0.3 is 56.9 Å². The van der Waals surface area contributed by atoms with Crippen LogP contribution in [-0.2, 0) is 0 Å². The molecule has 0 aliphatic rings. The molecule has 0 saturated heterocycles. The molecule has 16 heteroatoms. The van der Waals surface area contributed by atoms with Crippen LogP contribution in [0.25, 0.3) is 0 Å². The molecule has 1 nitrogen and oxygen atoms in total. The van der Waals surface area contributed by atoms with E-state index in [1.807, 2.05) is 0 Å². The van der Waals surface area contributed by atoms with Gasteiger partial charge in [0.05, 0.1) is 0 Å². The van der Waals surface area contributed by atoms with Gasteiger partial charge in [-0.2, -0.15) is 0 Å². The molecule has 0 heterocycles. The molecule has 0 fully saturated rings. The molecule has 0 rings (SSSR count). The molecule has 0 aliphatic heterocycles. The average molecular weight is 292 g/mol. The molecule has 0 amide bonds. The molecule has 0 unspecified atom stereocenters. The number of hydrogen-bond donors (Lipinski definition) is 1. The van der Waals surface area contributed by atoms with Crippen molar-refractivity contribution in [1.82, 2.24) is 0 Å². The molecule has 0 aromatic rings. The number of aliphatic hydroxyl groups excluding tert-OH is 1. The summed E-state index contributed by atoms with van der Waals surface area (Å²) in [6, 6.07) is 0. The van der Waals surface area contributed by atoms with Gasteiger partial charge in [0.15, 0.2) is 0 Å². The first-order valence-corrected chi connectivity index (χ1v) is 3.07. The predicted molar refractivity (Wildman–Crippen MR) is 38.7 cm³/mol. The summed E-state index contributed by atoms with van der Waals surface area (Å²) >= 11 is 0. The lowest BCUT2D eigenvalue weighted by Crippen LogP contribution is -2.02. The van der Waals surface area contributed by atoms with Crippen LogP contribution in [0, 0.1) is 0 Å². The molecule has 0 saturated carbocycles. The zero-order valence-electron chi connectivity index (χ0n) is 7.71. The molecule has 0 atom stereocenters.